The van der Waals surface area contributed by atoms with Gasteiger partial charge in [-0.05, 0) is 25.0 Å². The monoisotopic (exact) mass is 337 g/mol. The van der Waals surface area contributed by atoms with Crippen LogP contribution in [0.25, 0.3) is 0 Å². The SMILES string of the molecule is c1ccc(CN2[C@H]3CC[C@H]2c2cnc(N4CCOCC4)nc2C3)nc1. The van der Waals surface area contributed by atoms with Gasteiger partial charge < -0.3 is 9.64 Å². The average molecular weight is 337 g/mol. The number of hydrogen-bond donors (Lipinski definition) is 0. The molecule has 2 bridgehead atoms. The molecular weight excluding hydrogens is 314 g/mol. The molecule has 2 saturated heterocycles. The molecule has 2 aromatic rings. The van der Waals surface area contributed by atoms with Crippen LogP contribution in [0.1, 0.15) is 35.8 Å². The van der Waals surface area contributed by atoms with Crippen LogP contribution in [0.3, 0.4) is 0 Å². The van der Waals surface area contributed by atoms with E-state index in [9.17, 15) is 0 Å². The lowest BCUT2D eigenvalue weighted by Gasteiger charge is -2.36. The zero-order chi connectivity index (χ0) is 16.6. The van der Waals surface area contributed by atoms with E-state index in [2.05, 4.69) is 33.1 Å². The van der Waals surface area contributed by atoms with Crippen LogP contribution in [0.4, 0.5) is 5.95 Å². The van der Waals surface area contributed by atoms with E-state index in [0.717, 1.165) is 50.9 Å². The average Bonchev–Trinajstić information content (AvgIpc) is 2.95. The first-order chi connectivity index (χ1) is 12.4. The zero-order valence-corrected chi connectivity index (χ0v) is 14.3. The molecule has 2 fully saturated rings. The van der Waals surface area contributed by atoms with Crippen molar-refractivity contribution in [2.45, 2.75) is 37.9 Å². The molecule has 3 aliphatic rings. The third-order valence-corrected chi connectivity index (χ3v) is 5.68. The van der Waals surface area contributed by atoms with Crippen molar-refractivity contribution >= 4 is 5.95 Å². The van der Waals surface area contributed by atoms with E-state index < -0.39 is 0 Å². The van der Waals surface area contributed by atoms with Gasteiger partial charge in [0.2, 0.25) is 5.95 Å². The molecule has 6 heteroatoms. The van der Waals surface area contributed by atoms with Gasteiger partial charge in [0.25, 0.3) is 0 Å². The zero-order valence-electron chi connectivity index (χ0n) is 14.3. The van der Waals surface area contributed by atoms with Crippen LogP contribution in [0.2, 0.25) is 0 Å². The fourth-order valence-corrected chi connectivity index (χ4v) is 4.40. The molecule has 0 radical (unpaired) electrons. The molecule has 5 rings (SSSR count). The normalized spacial score (nSPS) is 25.8. The van der Waals surface area contributed by atoms with Crippen molar-refractivity contribution in [1.29, 1.82) is 0 Å². The summed E-state index contributed by atoms with van der Waals surface area (Å²) in [5.74, 6) is 0.875. The van der Waals surface area contributed by atoms with Gasteiger partial charge in [-0.25, -0.2) is 9.97 Å². The first-order valence-corrected chi connectivity index (χ1v) is 9.22. The lowest BCUT2D eigenvalue weighted by atomic mass is 9.99. The first kappa shape index (κ1) is 15.2. The molecule has 0 N–H and O–H groups in total. The second-order valence-electron chi connectivity index (χ2n) is 7.12. The van der Waals surface area contributed by atoms with Crippen molar-refractivity contribution in [1.82, 2.24) is 19.9 Å². The smallest absolute Gasteiger partial charge is 0.225 e. The number of rotatable bonds is 3. The Balaban J connectivity index is 1.40. The molecule has 3 aliphatic heterocycles. The number of nitrogens with zero attached hydrogens (tertiary/aromatic N) is 5. The lowest BCUT2D eigenvalue weighted by Crippen LogP contribution is -2.40. The van der Waals surface area contributed by atoms with Gasteiger partial charge in [0, 0.05) is 56.1 Å². The maximum absolute atomic E-state index is 5.44. The highest BCUT2D eigenvalue weighted by Gasteiger charge is 2.41. The third kappa shape index (κ3) is 2.79. The summed E-state index contributed by atoms with van der Waals surface area (Å²) in [4.78, 5) is 19.0. The van der Waals surface area contributed by atoms with Crippen molar-refractivity contribution in [3.8, 4) is 0 Å². The van der Waals surface area contributed by atoms with E-state index in [0.29, 0.717) is 12.1 Å². The van der Waals surface area contributed by atoms with Gasteiger partial charge in [-0.1, -0.05) is 6.07 Å². The van der Waals surface area contributed by atoms with Gasteiger partial charge in [-0.2, -0.15) is 0 Å². The number of aromatic nitrogens is 3. The topological polar surface area (TPSA) is 54.4 Å². The van der Waals surface area contributed by atoms with E-state index in [4.69, 9.17) is 14.7 Å². The number of ether oxygens (including phenoxy) is 1. The molecule has 0 saturated carbocycles. The Hall–Kier alpha value is -2.05. The van der Waals surface area contributed by atoms with Crippen molar-refractivity contribution in [2.24, 2.45) is 0 Å². The standard InChI is InChI=1S/C19H23N5O/c1-2-6-20-14(3-1)13-24-15-4-5-18(24)16-12-21-19(22-17(16)11-15)23-7-9-25-10-8-23/h1-3,6,12,15,18H,4-5,7-11,13H2/t15-,18-/m0/s1. The molecular formula is C19H23N5O. The molecule has 130 valence electrons. The fraction of sp³-hybridized carbons (Fsp3) is 0.526. The molecule has 0 unspecified atom stereocenters. The van der Waals surface area contributed by atoms with Crippen molar-refractivity contribution in [2.75, 3.05) is 31.2 Å². The van der Waals surface area contributed by atoms with Crippen LogP contribution in [-0.4, -0.2) is 52.2 Å². The van der Waals surface area contributed by atoms with Gasteiger partial charge in [0.1, 0.15) is 0 Å². The minimum atomic E-state index is 0.439. The predicted molar refractivity (Wildman–Crippen MR) is 94.3 cm³/mol. The molecule has 2 aromatic heterocycles. The largest absolute Gasteiger partial charge is 0.378 e. The molecule has 0 amide bonds. The van der Waals surface area contributed by atoms with Gasteiger partial charge in [0.05, 0.1) is 24.6 Å². The third-order valence-electron chi connectivity index (χ3n) is 5.68. The molecule has 2 atom stereocenters. The Bertz CT molecular complexity index is 747. The maximum Gasteiger partial charge on any atom is 0.225 e. The fourth-order valence-electron chi connectivity index (χ4n) is 4.40. The highest BCUT2D eigenvalue weighted by Crippen LogP contribution is 2.43. The van der Waals surface area contributed by atoms with Crippen LogP contribution in [0, 0.1) is 0 Å². The predicted octanol–water partition coefficient (Wildman–Crippen LogP) is 1.97. The maximum atomic E-state index is 5.44. The summed E-state index contributed by atoms with van der Waals surface area (Å²) in [6, 6.07) is 7.18. The molecule has 6 nitrogen and oxygen atoms in total. The number of fused-ring (bicyclic) bond motifs is 4. The first-order valence-electron chi connectivity index (χ1n) is 9.22. The van der Waals surface area contributed by atoms with Gasteiger partial charge >= 0.3 is 0 Å². The Morgan fingerprint density at radius 2 is 2.04 bits per heavy atom. The Kier molecular flexibility index (Phi) is 3.87. The van der Waals surface area contributed by atoms with Gasteiger partial charge in [-0.15, -0.1) is 0 Å². The summed E-state index contributed by atoms with van der Waals surface area (Å²) in [5, 5.41) is 0. The molecule has 0 aromatic carbocycles. The number of morpholine rings is 1. The molecule has 0 aliphatic carbocycles. The van der Waals surface area contributed by atoms with Crippen molar-refractivity contribution in [3.63, 3.8) is 0 Å². The summed E-state index contributed by atoms with van der Waals surface area (Å²) < 4.78 is 5.44. The minimum absolute atomic E-state index is 0.439. The van der Waals surface area contributed by atoms with Crippen LogP contribution < -0.4 is 4.90 Å². The van der Waals surface area contributed by atoms with E-state index in [-0.39, 0.29) is 0 Å². The van der Waals surface area contributed by atoms with Gasteiger partial charge in [0.15, 0.2) is 0 Å². The lowest BCUT2D eigenvalue weighted by molar-refractivity contribution is 0.122. The highest BCUT2D eigenvalue weighted by atomic mass is 16.5. The highest BCUT2D eigenvalue weighted by molar-refractivity contribution is 5.37. The molecule has 5 heterocycles. The van der Waals surface area contributed by atoms with E-state index in [1.807, 2.05) is 12.3 Å². The summed E-state index contributed by atoms with van der Waals surface area (Å²) in [6.45, 7) is 4.23. The van der Waals surface area contributed by atoms with Crippen LogP contribution in [0.15, 0.2) is 30.6 Å². The Morgan fingerprint density at radius 1 is 1.12 bits per heavy atom. The van der Waals surface area contributed by atoms with E-state index >= 15 is 0 Å². The van der Waals surface area contributed by atoms with Gasteiger partial charge in [-0.3, -0.25) is 9.88 Å². The van der Waals surface area contributed by atoms with Crippen molar-refractivity contribution < 1.29 is 4.74 Å². The van der Waals surface area contributed by atoms with E-state index in [1.165, 1.54) is 24.1 Å². The second-order valence-corrected chi connectivity index (χ2v) is 7.12. The van der Waals surface area contributed by atoms with Crippen LogP contribution >= 0.6 is 0 Å². The van der Waals surface area contributed by atoms with Crippen LogP contribution in [-0.2, 0) is 17.7 Å². The molecule has 0 spiro atoms. The Labute approximate surface area is 147 Å². The summed E-state index contributed by atoms with van der Waals surface area (Å²) >= 11 is 0. The number of hydrogen-bond acceptors (Lipinski definition) is 6. The number of anilines is 1. The second kappa shape index (κ2) is 6.35. The minimum Gasteiger partial charge on any atom is -0.378 e. The summed E-state index contributed by atoms with van der Waals surface area (Å²) in [6.07, 6.45) is 7.42. The summed E-state index contributed by atoms with van der Waals surface area (Å²) in [5.41, 5.74) is 3.72. The number of pyridine rings is 1. The molecule has 25 heavy (non-hydrogen) atoms. The Morgan fingerprint density at radius 3 is 2.88 bits per heavy atom. The van der Waals surface area contributed by atoms with Crippen LogP contribution in [0.5, 0.6) is 0 Å². The quantitative estimate of drug-likeness (QED) is 0.853. The van der Waals surface area contributed by atoms with Crippen molar-refractivity contribution in [3.05, 3.63) is 47.5 Å². The summed E-state index contributed by atoms with van der Waals surface area (Å²) in [7, 11) is 0. The van der Waals surface area contributed by atoms with E-state index in [1.54, 1.807) is 0 Å².